The van der Waals surface area contributed by atoms with E-state index in [4.69, 9.17) is 15.4 Å². The van der Waals surface area contributed by atoms with Gasteiger partial charge in [-0.3, -0.25) is 0 Å². The Morgan fingerprint density at radius 1 is 1.29 bits per heavy atom. The fraction of sp³-hybridized carbons (Fsp3) is 0. The van der Waals surface area contributed by atoms with Crippen LogP contribution in [-0.2, 0) is 19.6 Å². The quantitative estimate of drug-likeness (QED) is 0.495. The van der Waals surface area contributed by atoms with E-state index in [-0.39, 0.29) is 5.03 Å². The molecule has 1 rings (SSSR count). The molecule has 0 saturated heterocycles. The number of H-pyrrole nitrogens is 1. The van der Waals surface area contributed by atoms with E-state index in [0.717, 1.165) is 6.20 Å². The summed E-state index contributed by atoms with van der Waals surface area (Å²) in [5.74, 6) is -2.51. The van der Waals surface area contributed by atoms with Crippen LogP contribution >= 0.6 is 0 Å². The third kappa shape index (κ3) is 7.70. The number of aromatic nitrogens is 2. The molecule has 17 heavy (non-hydrogen) atoms. The number of rotatable bonds is 3. The zero-order valence-corrected chi connectivity index (χ0v) is 9.09. The lowest BCUT2D eigenvalue weighted by molar-refractivity contribution is -0.134. The first-order valence-electron chi connectivity index (χ1n) is 3.88. The molecule has 1 aromatic heterocycles. The van der Waals surface area contributed by atoms with E-state index in [1.165, 1.54) is 6.33 Å². The number of nitrogens with two attached hydrogens (primary N) is 1. The van der Waals surface area contributed by atoms with Crippen LogP contribution in [0.4, 0.5) is 0 Å². The zero-order valence-electron chi connectivity index (χ0n) is 8.27. The predicted molar refractivity (Wildman–Crippen MR) is 54.4 cm³/mol. The van der Waals surface area contributed by atoms with E-state index >= 15 is 0 Å². The summed E-state index contributed by atoms with van der Waals surface area (Å²) in [6.07, 6.45) is 3.51. The van der Waals surface area contributed by atoms with E-state index < -0.39 is 22.0 Å². The number of primary sulfonamides is 1. The lowest BCUT2D eigenvalue weighted by atomic mass is 10.5. The molecule has 10 heteroatoms. The number of carboxylic acid groups (broad SMARTS) is 2. The van der Waals surface area contributed by atoms with Crippen LogP contribution in [0.25, 0.3) is 0 Å². The Morgan fingerprint density at radius 3 is 1.94 bits per heavy atom. The molecule has 0 atom stereocenters. The summed E-state index contributed by atoms with van der Waals surface area (Å²) in [6, 6.07) is 0. The number of nitrogens with zero attached hydrogens (tertiary/aromatic N) is 1. The highest BCUT2D eigenvalue weighted by Crippen LogP contribution is 1.96. The fourth-order valence-corrected chi connectivity index (χ4v) is 0.966. The molecule has 0 aliphatic rings. The molecule has 0 bridgehead atoms. The van der Waals surface area contributed by atoms with Gasteiger partial charge in [-0.1, -0.05) is 0 Å². The van der Waals surface area contributed by atoms with E-state index in [1.54, 1.807) is 0 Å². The zero-order chi connectivity index (χ0) is 13.5. The minimum atomic E-state index is -3.58. The number of aromatic amines is 1. The molecule has 0 spiro atoms. The maximum atomic E-state index is 10.4. The van der Waals surface area contributed by atoms with Crippen molar-refractivity contribution in [3.63, 3.8) is 0 Å². The van der Waals surface area contributed by atoms with Gasteiger partial charge >= 0.3 is 11.9 Å². The molecule has 1 heterocycles. The monoisotopic (exact) mass is 263 g/mol. The Labute approximate surface area is 95.6 Å². The second-order valence-corrected chi connectivity index (χ2v) is 4.00. The van der Waals surface area contributed by atoms with Gasteiger partial charge in [-0.2, -0.15) is 0 Å². The number of nitrogens with one attached hydrogen (secondary N) is 1. The molecule has 0 aliphatic heterocycles. The normalized spacial score (nSPS) is 10.6. The van der Waals surface area contributed by atoms with E-state index in [0.29, 0.717) is 12.2 Å². The Balaban J connectivity index is 0.000000304. The summed E-state index contributed by atoms with van der Waals surface area (Å²) in [6.45, 7) is 0. The van der Waals surface area contributed by atoms with Crippen molar-refractivity contribution in [2.24, 2.45) is 5.14 Å². The van der Waals surface area contributed by atoms with Crippen molar-refractivity contribution < 1.29 is 28.2 Å². The molecule has 1 aromatic rings. The first-order valence-corrected chi connectivity index (χ1v) is 5.43. The van der Waals surface area contributed by atoms with Crippen molar-refractivity contribution in [1.82, 2.24) is 9.97 Å². The van der Waals surface area contributed by atoms with E-state index in [1.807, 2.05) is 0 Å². The molecule has 94 valence electrons. The molecular weight excluding hydrogens is 254 g/mol. The average molecular weight is 263 g/mol. The van der Waals surface area contributed by atoms with Gasteiger partial charge in [0.2, 0.25) is 0 Å². The van der Waals surface area contributed by atoms with Crippen LogP contribution in [0.15, 0.2) is 29.7 Å². The van der Waals surface area contributed by atoms with Crippen LogP contribution in [0.5, 0.6) is 0 Å². The molecule has 0 aliphatic carbocycles. The Morgan fingerprint density at radius 2 is 1.76 bits per heavy atom. The second kappa shape index (κ2) is 6.40. The van der Waals surface area contributed by atoms with Gasteiger partial charge in [0.15, 0.2) is 5.03 Å². The Bertz CT molecular complexity index is 488. The molecule has 0 amide bonds. The summed E-state index contributed by atoms with van der Waals surface area (Å²) < 4.78 is 20.8. The van der Waals surface area contributed by atoms with Crippen LogP contribution in [0, 0.1) is 0 Å². The maximum absolute atomic E-state index is 10.4. The summed E-state index contributed by atoms with van der Waals surface area (Å²) in [5.41, 5.74) is 0. The first kappa shape index (κ1) is 14.8. The molecule has 9 nitrogen and oxygen atoms in total. The van der Waals surface area contributed by atoms with Crippen molar-refractivity contribution >= 4 is 22.0 Å². The topological polar surface area (TPSA) is 163 Å². The summed E-state index contributed by atoms with van der Waals surface area (Å²) in [7, 11) is -3.58. The number of imidazole rings is 1. The van der Waals surface area contributed by atoms with E-state index in [9.17, 15) is 18.0 Å². The average Bonchev–Trinajstić information content (AvgIpc) is 2.67. The molecular formula is C7H9N3O6S. The molecule has 0 saturated carbocycles. The maximum Gasteiger partial charge on any atom is 0.328 e. The van der Waals surface area contributed by atoms with Gasteiger partial charge in [0.1, 0.15) is 0 Å². The van der Waals surface area contributed by atoms with Gasteiger partial charge in [-0.05, 0) is 0 Å². The van der Waals surface area contributed by atoms with Gasteiger partial charge in [-0.25, -0.2) is 28.1 Å². The summed E-state index contributed by atoms with van der Waals surface area (Å²) in [5, 5.41) is 20.3. The van der Waals surface area contributed by atoms with Gasteiger partial charge < -0.3 is 15.2 Å². The van der Waals surface area contributed by atoms with Gasteiger partial charge in [-0.15, -0.1) is 0 Å². The number of carbonyl (C=O) groups is 2. The minimum Gasteiger partial charge on any atom is -0.478 e. The lowest BCUT2D eigenvalue weighted by Crippen LogP contribution is -2.12. The van der Waals surface area contributed by atoms with Crippen molar-refractivity contribution in [1.29, 1.82) is 0 Å². The van der Waals surface area contributed by atoms with Gasteiger partial charge in [0.25, 0.3) is 10.0 Å². The van der Waals surface area contributed by atoms with Gasteiger partial charge in [0, 0.05) is 12.2 Å². The number of sulfonamides is 1. The Kier molecular flexibility index (Phi) is 5.57. The predicted octanol–water partition coefficient (Wildman–Crippen LogP) is -1.23. The molecule has 0 aromatic carbocycles. The highest BCUT2D eigenvalue weighted by Gasteiger charge is 2.06. The lowest BCUT2D eigenvalue weighted by Gasteiger charge is -1.86. The largest absolute Gasteiger partial charge is 0.478 e. The number of carboxylic acids is 2. The Hall–Kier alpha value is -2.20. The van der Waals surface area contributed by atoms with Crippen molar-refractivity contribution in [2.75, 3.05) is 0 Å². The molecule has 0 radical (unpaired) electrons. The number of hydrogen-bond acceptors (Lipinski definition) is 5. The number of aliphatic carboxylic acids is 2. The van der Waals surface area contributed by atoms with Crippen LogP contribution in [-0.4, -0.2) is 40.5 Å². The smallest absolute Gasteiger partial charge is 0.328 e. The molecule has 5 N–H and O–H groups in total. The fourth-order valence-electron chi connectivity index (χ4n) is 0.541. The standard InChI is InChI=1S/C4H4O4.C3H5N3O2S/c5-3(6)1-2-4(7)8;4-9(7,8)3-1-5-2-6-3/h1-2H,(H,5,6)(H,7,8);1-2H,(H,5,6)(H2,4,7,8)/b2-1+;. The summed E-state index contributed by atoms with van der Waals surface area (Å²) >= 11 is 0. The van der Waals surface area contributed by atoms with Crippen molar-refractivity contribution in [3.8, 4) is 0 Å². The SMILES string of the molecule is NS(=O)(=O)c1cnc[nH]1.O=C(O)/C=C/C(=O)O. The van der Waals surface area contributed by atoms with E-state index in [2.05, 4.69) is 9.97 Å². The number of hydrogen-bond donors (Lipinski definition) is 4. The van der Waals surface area contributed by atoms with Crippen LogP contribution < -0.4 is 5.14 Å². The third-order valence-electron chi connectivity index (χ3n) is 1.15. The second-order valence-electron chi connectivity index (χ2n) is 2.47. The highest BCUT2D eigenvalue weighted by atomic mass is 32.2. The van der Waals surface area contributed by atoms with Crippen molar-refractivity contribution in [3.05, 3.63) is 24.7 Å². The van der Waals surface area contributed by atoms with Crippen LogP contribution in [0.2, 0.25) is 0 Å². The molecule has 0 unspecified atom stereocenters. The third-order valence-corrected chi connectivity index (χ3v) is 1.98. The van der Waals surface area contributed by atoms with Gasteiger partial charge in [0.05, 0.1) is 12.5 Å². The minimum absolute atomic E-state index is 0.0671. The van der Waals surface area contributed by atoms with Crippen LogP contribution in [0.1, 0.15) is 0 Å². The summed E-state index contributed by atoms with van der Waals surface area (Å²) in [4.78, 5) is 24.9. The first-order chi connectivity index (χ1) is 7.73. The van der Waals surface area contributed by atoms with Crippen molar-refractivity contribution in [2.45, 2.75) is 5.03 Å². The highest BCUT2D eigenvalue weighted by molar-refractivity contribution is 7.89. The molecule has 0 fully saturated rings. The van der Waals surface area contributed by atoms with Crippen LogP contribution in [0.3, 0.4) is 0 Å².